The van der Waals surface area contributed by atoms with E-state index in [1.807, 2.05) is 27.7 Å². The number of esters is 1. The van der Waals surface area contributed by atoms with E-state index in [-0.39, 0.29) is 18.1 Å². The van der Waals surface area contributed by atoms with Crippen molar-refractivity contribution in [1.29, 1.82) is 0 Å². The lowest BCUT2D eigenvalue weighted by Gasteiger charge is -2.25. The summed E-state index contributed by atoms with van der Waals surface area (Å²) in [6.45, 7) is 12.0. The molecule has 0 saturated carbocycles. The molecule has 0 heterocycles. The highest BCUT2D eigenvalue weighted by molar-refractivity contribution is 5.76. The fourth-order valence-electron chi connectivity index (χ4n) is 1.37. The molecule has 0 radical (unpaired) electrons. The fourth-order valence-corrected chi connectivity index (χ4v) is 1.37. The number of carbonyl (C=O) groups is 1. The molecule has 0 bridgehead atoms. The molecule has 0 aliphatic carbocycles. The molecule has 3 heteroatoms. The van der Waals surface area contributed by atoms with E-state index in [0.29, 0.717) is 12.0 Å². The molecule has 0 aliphatic rings. The maximum absolute atomic E-state index is 11.8. The maximum Gasteiger partial charge on any atom is 0.323 e. The highest BCUT2D eigenvalue weighted by atomic mass is 16.5. The largest absolute Gasteiger partial charge is 0.462 e. The number of carbonyl (C=O) groups excluding carboxylic acids is 1. The van der Waals surface area contributed by atoms with E-state index in [1.54, 1.807) is 0 Å². The summed E-state index contributed by atoms with van der Waals surface area (Å²) in [5.74, 6) is 0.173. The third-order valence-corrected chi connectivity index (χ3v) is 2.33. The highest BCUT2D eigenvalue weighted by Crippen LogP contribution is 2.11. The first-order chi connectivity index (χ1) is 6.88. The molecular weight excluding hydrogens is 190 g/mol. The van der Waals surface area contributed by atoms with E-state index in [9.17, 15) is 4.79 Å². The van der Waals surface area contributed by atoms with Gasteiger partial charge in [0.2, 0.25) is 0 Å². The quantitative estimate of drug-likeness (QED) is 0.691. The maximum atomic E-state index is 11.8. The molecule has 0 aliphatic heterocycles. The Morgan fingerprint density at radius 3 is 2.07 bits per heavy atom. The van der Waals surface area contributed by atoms with E-state index in [2.05, 4.69) is 19.2 Å². The SMILES string of the molecule is CC[C@@H](C)[C@H](NC(C)C)C(=O)OC(C)C. The molecule has 0 rings (SSSR count). The smallest absolute Gasteiger partial charge is 0.323 e. The van der Waals surface area contributed by atoms with Crippen molar-refractivity contribution in [3.63, 3.8) is 0 Å². The van der Waals surface area contributed by atoms with Gasteiger partial charge in [-0.05, 0) is 19.8 Å². The number of nitrogens with one attached hydrogen (secondary N) is 1. The van der Waals surface area contributed by atoms with Crippen LogP contribution in [0.2, 0.25) is 0 Å². The van der Waals surface area contributed by atoms with Gasteiger partial charge in [-0.3, -0.25) is 4.79 Å². The van der Waals surface area contributed by atoms with Crippen LogP contribution in [-0.4, -0.2) is 24.2 Å². The zero-order valence-electron chi connectivity index (χ0n) is 10.8. The summed E-state index contributed by atoms with van der Waals surface area (Å²) in [4.78, 5) is 11.8. The van der Waals surface area contributed by atoms with Crippen LogP contribution in [0.4, 0.5) is 0 Å². The van der Waals surface area contributed by atoms with E-state index in [1.165, 1.54) is 0 Å². The molecule has 0 saturated heterocycles. The van der Waals surface area contributed by atoms with Gasteiger partial charge in [-0.25, -0.2) is 0 Å². The average molecular weight is 215 g/mol. The number of rotatable bonds is 6. The van der Waals surface area contributed by atoms with Crippen molar-refractivity contribution in [1.82, 2.24) is 5.32 Å². The van der Waals surface area contributed by atoms with Crippen molar-refractivity contribution in [2.24, 2.45) is 5.92 Å². The van der Waals surface area contributed by atoms with Gasteiger partial charge in [-0.15, -0.1) is 0 Å². The third kappa shape index (κ3) is 5.78. The number of hydrogen-bond acceptors (Lipinski definition) is 3. The summed E-state index contributed by atoms with van der Waals surface area (Å²) in [6, 6.07) is 0.112. The predicted octanol–water partition coefficient (Wildman–Crippen LogP) is 2.35. The van der Waals surface area contributed by atoms with Gasteiger partial charge >= 0.3 is 5.97 Å². The monoisotopic (exact) mass is 215 g/mol. The minimum Gasteiger partial charge on any atom is -0.462 e. The second-order valence-corrected chi connectivity index (χ2v) is 4.67. The summed E-state index contributed by atoms with van der Waals surface area (Å²) in [6.07, 6.45) is 0.926. The fraction of sp³-hybridized carbons (Fsp3) is 0.917. The lowest BCUT2D eigenvalue weighted by Crippen LogP contribution is -2.46. The van der Waals surface area contributed by atoms with Crippen molar-refractivity contribution >= 4 is 5.97 Å². The summed E-state index contributed by atoms with van der Waals surface area (Å²) in [5.41, 5.74) is 0. The normalized spacial score (nSPS) is 15.5. The first-order valence-corrected chi connectivity index (χ1v) is 5.85. The molecule has 0 unspecified atom stereocenters. The van der Waals surface area contributed by atoms with Gasteiger partial charge in [0.05, 0.1) is 6.10 Å². The highest BCUT2D eigenvalue weighted by Gasteiger charge is 2.26. The van der Waals surface area contributed by atoms with Gasteiger partial charge in [0.15, 0.2) is 0 Å². The van der Waals surface area contributed by atoms with Crippen molar-refractivity contribution in [2.45, 2.75) is 66.2 Å². The molecule has 0 aromatic carbocycles. The van der Waals surface area contributed by atoms with Crippen molar-refractivity contribution in [2.75, 3.05) is 0 Å². The van der Waals surface area contributed by atoms with Crippen molar-refractivity contribution in [3.8, 4) is 0 Å². The van der Waals surface area contributed by atoms with E-state index < -0.39 is 0 Å². The topological polar surface area (TPSA) is 38.3 Å². The van der Waals surface area contributed by atoms with Crippen LogP contribution in [0.5, 0.6) is 0 Å². The standard InChI is InChI=1S/C12H25NO2/c1-7-10(6)11(13-8(2)3)12(14)15-9(4)5/h8-11,13H,7H2,1-6H3/t10-,11+/m1/s1. The van der Waals surface area contributed by atoms with Gasteiger partial charge in [0, 0.05) is 6.04 Å². The molecule has 1 N–H and O–H groups in total. The van der Waals surface area contributed by atoms with Crippen LogP contribution in [0.15, 0.2) is 0 Å². The Morgan fingerprint density at radius 1 is 1.20 bits per heavy atom. The Morgan fingerprint density at radius 2 is 1.73 bits per heavy atom. The number of ether oxygens (including phenoxy) is 1. The van der Waals surface area contributed by atoms with Gasteiger partial charge < -0.3 is 10.1 Å². The number of hydrogen-bond donors (Lipinski definition) is 1. The van der Waals surface area contributed by atoms with Gasteiger partial charge in [-0.2, -0.15) is 0 Å². The Bertz CT molecular complexity index is 190. The third-order valence-electron chi connectivity index (χ3n) is 2.33. The minimum atomic E-state index is -0.183. The second-order valence-electron chi connectivity index (χ2n) is 4.67. The van der Waals surface area contributed by atoms with Crippen LogP contribution >= 0.6 is 0 Å². The van der Waals surface area contributed by atoms with Crippen LogP contribution < -0.4 is 5.32 Å². The van der Waals surface area contributed by atoms with E-state index in [4.69, 9.17) is 4.74 Å². The summed E-state index contributed by atoms with van der Waals surface area (Å²) in [7, 11) is 0. The van der Waals surface area contributed by atoms with Crippen LogP contribution in [0.3, 0.4) is 0 Å². The minimum absolute atomic E-state index is 0.0435. The summed E-state index contributed by atoms with van der Waals surface area (Å²) >= 11 is 0. The molecule has 0 fully saturated rings. The van der Waals surface area contributed by atoms with Crippen molar-refractivity contribution in [3.05, 3.63) is 0 Å². The van der Waals surface area contributed by atoms with Crippen molar-refractivity contribution < 1.29 is 9.53 Å². The van der Waals surface area contributed by atoms with Gasteiger partial charge in [-0.1, -0.05) is 34.1 Å². The first kappa shape index (κ1) is 14.4. The molecule has 3 nitrogen and oxygen atoms in total. The zero-order valence-corrected chi connectivity index (χ0v) is 10.8. The van der Waals surface area contributed by atoms with Crippen LogP contribution in [0, 0.1) is 5.92 Å². The summed E-state index contributed by atoms with van der Waals surface area (Å²) in [5, 5.41) is 3.26. The van der Waals surface area contributed by atoms with Crippen LogP contribution in [0.25, 0.3) is 0 Å². The van der Waals surface area contributed by atoms with E-state index in [0.717, 1.165) is 6.42 Å². The molecule has 90 valence electrons. The molecule has 0 amide bonds. The Hall–Kier alpha value is -0.570. The second kappa shape index (κ2) is 6.83. The zero-order chi connectivity index (χ0) is 12.0. The molecular formula is C12H25NO2. The first-order valence-electron chi connectivity index (χ1n) is 5.85. The molecule has 0 spiro atoms. The molecule has 0 aromatic heterocycles. The predicted molar refractivity (Wildman–Crippen MR) is 62.7 cm³/mol. The van der Waals surface area contributed by atoms with Gasteiger partial charge in [0.25, 0.3) is 0 Å². The Kier molecular flexibility index (Phi) is 6.57. The van der Waals surface area contributed by atoms with Crippen LogP contribution in [-0.2, 0) is 9.53 Å². The molecule has 15 heavy (non-hydrogen) atoms. The molecule has 2 atom stereocenters. The Labute approximate surface area is 93.6 Å². The Balaban J connectivity index is 4.40. The molecule has 0 aromatic rings. The van der Waals surface area contributed by atoms with Crippen LogP contribution in [0.1, 0.15) is 48.0 Å². The lowest BCUT2D eigenvalue weighted by atomic mass is 9.98. The summed E-state index contributed by atoms with van der Waals surface area (Å²) < 4.78 is 5.23. The van der Waals surface area contributed by atoms with Gasteiger partial charge in [0.1, 0.15) is 6.04 Å². The lowest BCUT2D eigenvalue weighted by molar-refractivity contribution is -0.151. The van der Waals surface area contributed by atoms with E-state index >= 15 is 0 Å². The average Bonchev–Trinajstić information content (AvgIpc) is 2.11.